The van der Waals surface area contributed by atoms with E-state index in [0.29, 0.717) is 25.2 Å². The van der Waals surface area contributed by atoms with Gasteiger partial charge in [0.1, 0.15) is 5.82 Å². The van der Waals surface area contributed by atoms with E-state index in [1.807, 2.05) is 6.92 Å². The van der Waals surface area contributed by atoms with Gasteiger partial charge in [-0.2, -0.15) is 0 Å². The number of hydrogen-bond donors (Lipinski definition) is 1. The summed E-state index contributed by atoms with van der Waals surface area (Å²) in [5.41, 5.74) is 1.12. The summed E-state index contributed by atoms with van der Waals surface area (Å²) in [6.07, 6.45) is 0. The van der Waals surface area contributed by atoms with Crippen LogP contribution in [0.1, 0.15) is 18.5 Å². The lowest BCUT2D eigenvalue weighted by molar-refractivity contribution is 0.626. The van der Waals surface area contributed by atoms with E-state index >= 15 is 0 Å². The Morgan fingerprint density at radius 1 is 1.10 bits per heavy atom. The fourth-order valence-electron chi connectivity index (χ4n) is 1.81. The van der Waals surface area contributed by atoms with Crippen LogP contribution in [0.2, 0.25) is 15.1 Å². The highest BCUT2D eigenvalue weighted by molar-refractivity contribution is 9.10. The second kappa shape index (κ2) is 6.52. The molecule has 0 spiro atoms. The van der Waals surface area contributed by atoms with Crippen LogP contribution in [0.5, 0.6) is 0 Å². The Balaban J connectivity index is 2.34. The molecular formula is C14H10BrCl3FN. The van der Waals surface area contributed by atoms with Gasteiger partial charge in [0, 0.05) is 4.47 Å². The maximum absolute atomic E-state index is 13.8. The van der Waals surface area contributed by atoms with Gasteiger partial charge in [0.25, 0.3) is 0 Å². The third-order valence-electron chi connectivity index (χ3n) is 2.86. The monoisotopic (exact) mass is 395 g/mol. The van der Waals surface area contributed by atoms with E-state index in [1.165, 1.54) is 6.07 Å². The highest BCUT2D eigenvalue weighted by Gasteiger charge is 2.16. The molecule has 0 bridgehead atoms. The van der Waals surface area contributed by atoms with Crippen LogP contribution in [0.15, 0.2) is 34.8 Å². The van der Waals surface area contributed by atoms with Crippen molar-refractivity contribution in [3.05, 3.63) is 61.3 Å². The molecule has 0 aromatic heterocycles. The summed E-state index contributed by atoms with van der Waals surface area (Å²) in [5.74, 6) is -0.345. The summed E-state index contributed by atoms with van der Waals surface area (Å²) in [7, 11) is 0. The summed E-state index contributed by atoms with van der Waals surface area (Å²) < 4.78 is 14.4. The lowest BCUT2D eigenvalue weighted by atomic mass is 10.1. The molecule has 20 heavy (non-hydrogen) atoms. The van der Waals surface area contributed by atoms with Gasteiger partial charge in [0.05, 0.1) is 26.8 Å². The van der Waals surface area contributed by atoms with E-state index in [4.69, 9.17) is 34.8 Å². The summed E-state index contributed by atoms with van der Waals surface area (Å²) in [6, 6.07) is 7.97. The molecule has 6 heteroatoms. The predicted octanol–water partition coefficient (Wildman–Crippen LogP) is 6.72. The Labute approximate surface area is 140 Å². The number of rotatable bonds is 3. The SMILES string of the molecule is CC(Nc1c(F)cccc1Br)c1ccc(Cl)c(Cl)c1Cl. The molecule has 0 saturated heterocycles. The number of anilines is 1. The van der Waals surface area contributed by atoms with Crippen LogP contribution >= 0.6 is 50.7 Å². The molecule has 0 heterocycles. The molecule has 2 aromatic carbocycles. The second-order valence-corrected chi connectivity index (χ2v) is 6.24. The Kier molecular flexibility index (Phi) is 5.19. The second-order valence-electron chi connectivity index (χ2n) is 4.23. The molecule has 0 aliphatic rings. The number of benzene rings is 2. The highest BCUT2D eigenvalue weighted by Crippen LogP contribution is 2.37. The Hall–Kier alpha value is -0.480. The van der Waals surface area contributed by atoms with Crippen molar-refractivity contribution in [2.75, 3.05) is 5.32 Å². The first-order valence-electron chi connectivity index (χ1n) is 5.75. The molecule has 0 saturated carbocycles. The minimum absolute atomic E-state index is 0.231. The molecule has 2 rings (SSSR count). The standard InChI is InChI=1S/C14H10BrCl3FN/c1-7(8-5-6-10(16)13(18)12(8)17)20-14-9(15)3-2-4-11(14)19/h2-7,20H,1H3. The van der Waals surface area contributed by atoms with Gasteiger partial charge in [-0.15, -0.1) is 0 Å². The molecule has 1 nitrogen and oxygen atoms in total. The van der Waals surface area contributed by atoms with Gasteiger partial charge in [-0.25, -0.2) is 4.39 Å². The van der Waals surface area contributed by atoms with E-state index in [0.717, 1.165) is 5.56 Å². The number of hydrogen-bond acceptors (Lipinski definition) is 1. The van der Waals surface area contributed by atoms with Gasteiger partial charge in [-0.1, -0.05) is 46.9 Å². The average Bonchev–Trinajstić information content (AvgIpc) is 2.40. The topological polar surface area (TPSA) is 12.0 Å². The van der Waals surface area contributed by atoms with Crippen molar-refractivity contribution in [1.82, 2.24) is 0 Å². The van der Waals surface area contributed by atoms with E-state index < -0.39 is 0 Å². The molecule has 2 aromatic rings. The largest absolute Gasteiger partial charge is 0.375 e. The Bertz CT molecular complexity index is 628. The maximum Gasteiger partial charge on any atom is 0.147 e. The lowest BCUT2D eigenvalue weighted by Crippen LogP contribution is -2.09. The summed E-state index contributed by atoms with van der Waals surface area (Å²) in [6.45, 7) is 1.87. The zero-order valence-electron chi connectivity index (χ0n) is 10.4. The average molecular weight is 398 g/mol. The smallest absolute Gasteiger partial charge is 0.147 e. The van der Waals surface area contributed by atoms with Crippen LogP contribution in [0, 0.1) is 5.82 Å². The van der Waals surface area contributed by atoms with Crippen molar-refractivity contribution in [3.63, 3.8) is 0 Å². The van der Waals surface area contributed by atoms with E-state index in [-0.39, 0.29) is 11.9 Å². The maximum atomic E-state index is 13.8. The molecule has 0 amide bonds. The third kappa shape index (κ3) is 3.22. The first-order valence-corrected chi connectivity index (χ1v) is 7.68. The molecule has 0 radical (unpaired) electrons. The molecule has 1 N–H and O–H groups in total. The molecule has 1 atom stereocenters. The minimum atomic E-state index is -0.345. The third-order valence-corrected chi connectivity index (χ3v) is 4.82. The normalized spacial score (nSPS) is 12.3. The van der Waals surface area contributed by atoms with Crippen LogP contribution < -0.4 is 5.32 Å². The van der Waals surface area contributed by atoms with Crippen LogP contribution in [-0.4, -0.2) is 0 Å². The van der Waals surface area contributed by atoms with E-state index in [2.05, 4.69) is 21.2 Å². The summed E-state index contributed by atoms with van der Waals surface area (Å²) in [5, 5.41) is 4.13. The number of para-hydroxylation sites is 1. The van der Waals surface area contributed by atoms with Crippen LogP contribution in [-0.2, 0) is 0 Å². The van der Waals surface area contributed by atoms with Gasteiger partial charge in [0.2, 0.25) is 0 Å². The lowest BCUT2D eigenvalue weighted by Gasteiger charge is -2.19. The number of nitrogens with one attached hydrogen (secondary N) is 1. The van der Waals surface area contributed by atoms with Gasteiger partial charge in [0.15, 0.2) is 0 Å². The fourth-order valence-corrected chi connectivity index (χ4v) is 2.97. The Morgan fingerprint density at radius 2 is 1.80 bits per heavy atom. The van der Waals surface area contributed by atoms with Crippen molar-refractivity contribution in [2.45, 2.75) is 13.0 Å². The van der Waals surface area contributed by atoms with Crippen LogP contribution in [0.3, 0.4) is 0 Å². The zero-order valence-corrected chi connectivity index (χ0v) is 14.2. The predicted molar refractivity (Wildman–Crippen MR) is 87.6 cm³/mol. The van der Waals surface area contributed by atoms with Crippen molar-refractivity contribution in [3.8, 4) is 0 Å². The molecule has 0 fully saturated rings. The number of halogens is 5. The van der Waals surface area contributed by atoms with Crippen LogP contribution in [0.25, 0.3) is 0 Å². The van der Waals surface area contributed by atoms with E-state index in [9.17, 15) is 4.39 Å². The molecule has 106 valence electrons. The van der Waals surface area contributed by atoms with Crippen molar-refractivity contribution < 1.29 is 4.39 Å². The zero-order chi connectivity index (χ0) is 14.9. The highest BCUT2D eigenvalue weighted by atomic mass is 79.9. The summed E-state index contributed by atoms with van der Waals surface area (Å²) in [4.78, 5) is 0. The van der Waals surface area contributed by atoms with Crippen molar-refractivity contribution in [2.24, 2.45) is 0 Å². The van der Waals surface area contributed by atoms with Gasteiger partial charge >= 0.3 is 0 Å². The first-order chi connectivity index (χ1) is 9.41. The van der Waals surface area contributed by atoms with Gasteiger partial charge in [-0.3, -0.25) is 0 Å². The van der Waals surface area contributed by atoms with Crippen molar-refractivity contribution in [1.29, 1.82) is 0 Å². The molecule has 1 unspecified atom stereocenters. The molecular weight excluding hydrogens is 387 g/mol. The molecule has 0 aliphatic carbocycles. The first kappa shape index (κ1) is 15.9. The van der Waals surface area contributed by atoms with Crippen LogP contribution in [0.4, 0.5) is 10.1 Å². The Morgan fingerprint density at radius 3 is 2.45 bits per heavy atom. The van der Waals surface area contributed by atoms with E-state index in [1.54, 1.807) is 24.3 Å². The minimum Gasteiger partial charge on any atom is -0.375 e. The molecule has 0 aliphatic heterocycles. The van der Waals surface area contributed by atoms with Crippen molar-refractivity contribution >= 4 is 56.4 Å². The van der Waals surface area contributed by atoms with Gasteiger partial charge < -0.3 is 5.32 Å². The quantitative estimate of drug-likeness (QED) is 0.567. The fraction of sp³-hybridized carbons (Fsp3) is 0.143. The van der Waals surface area contributed by atoms with Gasteiger partial charge in [-0.05, 0) is 46.6 Å². The summed E-state index contributed by atoms with van der Waals surface area (Å²) >= 11 is 21.4.